The molecule has 0 aliphatic carbocycles. The molecule has 1 aromatic carbocycles. The van der Waals surface area contributed by atoms with Gasteiger partial charge in [-0.3, -0.25) is 4.79 Å². The third-order valence-electron chi connectivity index (χ3n) is 3.88. The van der Waals surface area contributed by atoms with E-state index in [0.717, 1.165) is 11.4 Å². The SMILES string of the molecule is Cc1ccnn1-c1ccc(C(=O)NC[C@@H]2C[C@H](F)CN2)cc1. The second-order valence-electron chi connectivity index (χ2n) is 5.58. The highest BCUT2D eigenvalue weighted by Gasteiger charge is 2.23. The summed E-state index contributed by atoms with van der Waals surface area (Å²) in [7, 11) is 0. The molecule has 1 aliphatic rings. The molecule has 0 spiro atoms. The van der Waals surface area contributed by atoms with E-state index in [4.69, 9.17) is 0 Å². The van der Waals surface area contributed by atoms with Crippen molar-refractivity contribution >= 4 is 5.91 Å². The van der Waals surface area contributed by atoms with E-state index in [1.54, 1.807) is 18.3 Å². The van der Waals surface area contributed by atoms with Crippen LogP contribution in [0.1, 0.15) is 22.5 Å². The smallest absolute Gasteiger partial charge is 0.251 e. The maximum absolute atomic E-state index is 13.0. The van der Waals surface area contributed by atoms with Crippen molar-refractivity contribution in [3.63, 3.8) is 0 Å². The fourth-order valence-electron chi connectivity index (χ4n) is 2.64. The van der Waals surface area contributed by atoms with Gasteiger partial charge in [-0.25, -0.2) is 9.07 Å². The van der Waals surface area contributed by atoms with E-state index >= 15 is 0 Å². The molecular weight excluding hydrogens is 283 g/mol. The lowest BCUT2D eigenvalue weighted by atomic mass is 10.1. The summed E-state index contributed by atoms with van der Waals surface area (Å²) in [5, 5.41) is 10.1. The van der Waals surface area contributed by atoms with Crippen LogP contribution in [0.25, 0.3) is 5.69 Å². The fourth-order valence-corrected chi connectivity index (χ4v) is 2.64. The van der Waals surface area contributed by atoms with Crippen molar-refractivity contribution in [2.45, 2.75) is 25.6 Å². The van der Waals surface area contributed by atoms with Gasteiger partial charge in [-0.05, 0) is 43.7 Å². The monoisotopic (exact) mass is 302 g/mol. The number of benzene rings is 1. The Morgan fingerprint density at radius 3 is 2.77 bits per heavy atom. The average Bonchev–Trinajstić information content (AvgIpc) is 3.13. The largest absolute Gasteiger partial charge is 0.350 e. The van der Waals surface area contributed by atoms with Gasteiger partial charge in [0.2, 0.25) is 0 Å². The van der Waals surface area contributed by atoms with Gasteiger partial charge < -0.3 is 10.6 Å². The Bertz CT molecular complexity index is 652. The molecule has 0 unspecified atom stereocenters. The van der Waals surface area contributed by atoms with Gasteiger partial charge >= 0.3 is 0 Å². The van der Waals surface area contributed by atoms with Gasteiger partial charge in [-0.2, -0.15) is 5.10 Å². The van der Waals surface area contributed by atoms with Crippen molar-refractivity contribution in [3.8, 4) is 5.69 Å². The van der Waals surface area contributed by atoms with Crippen molar-refractivity contribution in [3.05, 3.63) is 47.8 Å². The van der Waals surface area contributed by atoms with Gasteiger partial charge in [0, 0.05) is 36.6 Å². The molecule has 2 atom stereocenters. The van der Waals surface area contributed by atoms with Gasteiger partial charge in [0.05, 0.1) is 5.69 Å². The summed E-state index contributed by atoms with van der Waals surface area (Å²) in [6, 6.07) is 9.20. The summed E-state index contributed by atoms with van der Waals surface area (Å²) in [6.45, 7) is 2.79. The molecule has 1 aromatic heterocycles. The molecule has 1 amide bonds. The number of nitrogens with one attached hydrogen (secondary N) is 2. The maximum Gasteiger partial charge on any atom is 0.251 e. The summed E-state index contributed by atoms with van der Waals surface area (Å²) < 4.78 is 14.9. The third kappa shape index (κ3) is 3.17. The van der Waals surface area contributed by atoms with Crippen LogP contribution < -0.4 is 10.6 Å². The zero-order valence-electron chi connectivity index (χ0n) is 12.4. The van der Waals surface area contributed by atoms with E-state index in [-0.39, 0.29) is 11.9 Å². The lowest BCUT2D eigenvalue weighted by Crippen LogP contribution is -2.37. The third-order valence-corrected chi connectivity index (χ3v) is 3.88. The molecule has 6 heteroatoms. The first-order valence-corrected chi connectivity index (χ1v) is 7.40. The normalized spacial score (nSPS) is 21.0. The fraction of sp³-hybridized carbons (Fsp3) is 0.375. The van der Waals surface area contributed by atoms with Crippen LogP contribution in [0.5, 0.6) is 0 Å². The molecule has 0 radical (unpaired) electrons. The standard InChI is InChI=1S/C16H19FN4O/c1-11-6-7-20-21(11)15-4-2-12(3-5-15)16(22)19-10-14-8-13(17)9-18-14/h2-7,13-14,18H,8-10H2,1H3,(H,19,22)/t13-,14-/m0/s1. The van der Waals surface area contributed by atoms with Gasteiger partial charge in [0.15, 0.2) is 0 Å². The average molecular weight is 302 g/mol. The molecular formula is C16H19FN4O. The zero-order chi connectivity index (χ0) is 15.5. The van der Waals surface area contributed by atoms with Gasteiger partial charge in [0.1, 0.15) is 6.17 Å². The molecule has 5 nitrogen and oxygen atoms in total. The Morgan fingerprint density at radius 2 is 2.18 bits per heavy atom. The number of carbonyl (C=O) groups excluding carboxylic acids is 1. The van der Waals surface area contributed by atoms with E-state index < -0.39 is 6.17 Å². The van der Waals surface area contributed by atoms with Gasteiger partial charge in [0.25, 0.3) is 5.91 Å². The Balaban J connectivity index is 1.60. The number of halogens is 1. The van der Waals surface area contributed by atoms with Crippen molar-refractivity contribution in [2.75, 3.05) is 13.1 Å². The van der Waals surface area contributed by atoms with Crippen molar-refractivity contribution in [2.24, 2.45) is 0 Å². The molecule has 3 rings (SSSR count). The highest BCUT2D eigenvalue weighted by Crippen LogP contribution is 2.12. The topological polar surface area (TPSA) is 59.0 Å². The van der Waals surface area contributed by atoms with Crippen LogP contribution in [-0.4, -0.2) is 41.0 Å². The first-order chi connectivity index (χ1) is 10.6. The molecule has 1 saturated heterocycles. The van der Waals surface area contributed by atoms with Crippen LogP contribution in [0.3, 0.4) is 0 Å². The van der Waals surface area contributed by atoms with Gasteiger partial charge in [-0.1, -0.05) is 0 Å². The summed E-state index contributed by atoms with van der Waals surface area (Å²) in [6.07, 6.45) is 1.39. The van der Waals surface area contributed by atoms with Crippen LogP contribution in [0.15, 0.2) is 36.5 Å². The van der Waals surface area contributed by atoms with Crippen LogP contribution >= 0.6 is 0 Å². The summed E-state index contributed by atoms with van der Waals surface area (Å²) >= 11 is 0. The lowest BCUT2D eigenvalue weighted by molar-refractivity contribution is 0.0950. The van der Waals surface area contributed by atoms with Crippen molar-refractivity contribution < 1.29 is 9.18 Å². The van der Waals surface area contributed by atoms with Crippen LogP contribution in [0.4, 0.5) is 4.39 Å². The number of aryl methyl sites for hydroxylation is 1. The predicted octanol–water partition coefficient (Wildman–Crippen LogP) is 1.61. The quantitative estimate of drug-likeness (QED) is 0.902. The Morgan fingerprint density at radius 1 is 1.41 bits per heavy atom. The second-order valence-corrected chi connectivity index (χ2v) is 5.58. The first-order valence-electron chi connectivity index (χ1n) is 7.40. The lowest BCUT2D eigenvalue weighted by Gasteiger charge is -2.11. The predicted molar refractivity (Wildman–Crippen MR) is 81.9 cm³/mol. The zero-order valence-corrected chi connectivity index (χ0v) is 12.4. The Hall–Kier alpha value is -2.21. The minimum Gasteiger partial charge on any atom is -0.350 e. The van der Waals surface area contributed by atoms with Crippen LogP contribution in [0.2, 0.25) is 0 Å². The molecule has 116 valence electrons. The van der Waals surface area contributed by atoms with Crippen molar-refractivity contribution in [1.82, 2.24) is 20.4 Å². The molecule has 2 heterocycles. The maximum atomic E-state index is 13.0. The molecule has 0 saturated carbocycles. The highest BCUT2D eigenvalue weighted by atomic mass is 19.1. The van der Waals surface area contributed by atoms with Crippen LogP contribution in [-0.2, 0) is 0 Å². The molecule has 1 fully saturated rings. The number of carbonyl (C=O) groups is 1. The van der Waals surface area contributed by atoms with Crippen LogP contribution in [0, 0.1) is 6.92 Å². The van der Waals surface area contributed by atoms with Gasteiger partial charge in [-0.15, -0.1) is 0 Å². The summed E-state index contributed by atoms with van der Waals surface area (Å²) in [5.74, 6) is -0.146. The highest BCUT2D eigenvalue weighted by molar-refractivity contribution is 5.94. The van der Waals surface area contributed by atoms with E-state index in [1.165, 1.54) is 0 Å². The molecule has 2 aromatic rings. The number of rotatable bonds is 4. The molecule has 1 aliphatic heterocycles. The molecule has 2 N–H and O–H groups in total. The minimum atomic E-state index is -0.807. The second kappa shape index (κ2) is 6.27. The van der Waals surface area contributed by atoms with E-state index in [0.29, 0.717) is 25.1 Å². The first kappa shape index (κ1) is 14.7. The number of hydrogen-bond donors (Lipinski definition) is 2. The van der Waals surface area contributed by atoms with E-state index in [2.05, 4.69) is 15.7 Å². The summed E-state index contributed by atoms with van der Waals surface area (Å²) in [4.78, 5) is 12.1. The van der Waals surface area contributed by atoms with Crippen molar-refractivity contribution in [1.29, 1.82) is 0 Å². The molecule has 22 heavy (non-hydrogen) atoms. The molecule has 0 bridgehead atoms. The number of nitrogens with zero attached hydrogens (tertiary/aromatic N) is 2. The summed E-state index contributed by atoms with van der Waals surface area (Å²) in [5.41, 5.74) is 2.53. The minimum absolute atomic E-state index is 0.0185. The number of amides is 1. The Kier molecular flexibility index (Phi) is 4.20. The van der Waals surface area contributed by atoms with E-state index in [9.17, 15) is 9.18 Å². The Labute approximate surface area is 128 Å². The van der Waals surface area contributed by atoms with E-state index in [1.807, 2.05) is 29.8 Å². The number of alkyl halides is 1. The number of hydrogen-bond acceptors (Lipinski definition) is 3. The number of aromatic nitrogens is 2.